The second-order valence-corrected chi connectivity index (χ2v) is 8.02. The Labute approximate surface area is 142 Å². The average Bonchev–Trinajstić information content (AvgIpc) is 2.47. The summed E-state index contributed by atoms with van der Waals surface area (Å²) in [5.74, 6) is 1.69. The minimum absolute atomic E-state index is 0.0935. The third kappa shape index (κ3) is 4.33. The zero-order chi connectivity index (χ0) is 17.5. The number of quaternary nitrogens is 1. The van der Waals surface area contributed by atoms with Crippen LogP contribution in [0.2, 0.25) is 0 Å². The maximum Gasteiger partial charge on any atom is 0.166 e. The lowest BCUT2D eigenvalue weighted by molar-refractivity contribution is -2.00. The fourth-order valence-corrected chi connectivity index (χ4v) is 4.91. The van der Waals surface area contributed by atoms with E-state index in [0.717, 1.165) is 38.9 Å². The number of ketones is 1. The highest BCUT2D eigenvalue weighted by molar-refractivity contribution is 5.90. The van der Waals surface area contributed by atoms with Crippen LogP contribution in [-0.2, 0) is 4.79 Å². The third-order valence-corrected chi connectivity index (χ3v) is 5.80. The zero-order valence-electron chi connectivity index (χ0n) is 13.3. The first kappa shape index (κ1) is 18.2. The van der Waals surface area contributed by atoms with E-state index in [2.05, 4.69) is 11.1 Å². The van der Waals surface area contributed by atoms with Gasteiger partial charge in [-0.3, -0.25) is 9.69 Å². The summed E-state index contributed by atoms with van der Waals surface area (Å²) in [7, 11) is -4.94. The molecule has 0 saturated carbocycles. The maximum atomic E-state index is 11.7. The standard InChI is InChI=1S/C15H22N2O2.ClHO4/c18-12-1-3-16-8-10-5-11(14(16)6-12)9-17-4-2-13(19)7-15(10)17;2-1(3,4)5/h1,3,10-11,13-15,19H,2,4-9H2;(H,2,3,4,5)/t10-,11?,13-,14+,15-;/m0./s1. The van der Waals surface area contributed by atoms with Crippen molar-refractivity contribution in [3.05, 3.63) is 12.3 Å². The molecule has 0 radical (unpaired) electrons. The molecule has 3 saturated heterocycles. The van der Waals surface area contributed by atoms with E-state index in [9.17, 15) is 9.90 Å². The van der Waals surface area contributed by atoms with E-state index >= 15 is 0 Å². The number of hydrogen-bond donors (Lipinski definition) is 2. The zero-order valence-corrected chi connectivity index (χ0v) is 14.1. The molecule has 2 bridgehead atoms. The van der Waals surface area contributed by atoms with E-state index in [0.29, 0.717) is 29.7 Å². The van der Waals surface area contributed by atoms with Crippen LogP contribution in [0.3, 0.4) is 0 Å². The Hall–Kier alpha value is -0.580. The first-order chi connectivity index (χ1) is 11.2. The summed E-state index contributed by atoms with van der Waals surface area (Å²) in [6.07, 6.45) is 7.68. The van der Waals surface area contributed by atoms with Crippen molar-refractivity contribution in [2.24, 2.45) is 11.8 Å². The maximum absolute atomic E-state index is 11.7. The van der Waals surface area contributed by atoms with E-state index in [1.54, 1.807) is 6.08 Å². The normalized spacial score (nSPS) is 41.8. The lowest BCUT2D eigenvalue weighted by Crippen LogP contribution is -3.16. The Morgan fingerprint density at radius 3 is 2.62 bits per heavy atom. The van der Waals surface area contributed by atoms with Crippen LogP contribution in [0.4, 0.5) is 0 Å². The van der Waals surface area contributed by atoms with Gasteiger partial charge in [0, 0.05) is 37.0 Å². The topological polar surface area (TPSA) is 137 Å². The highest BCUT2D eigenvalue weighted by Crippen LogP contribution is 2.36. The molecule has 4 aliphatic rings. The quantitative estimate of drug-likeness (QED) is 0.438. The third-order valence-electron chi connectivity index (χ3n) is 5.80. The first-order valence-corrected chi connectivity index (χ1v) is 9.54. The van der Waals surface area contributed by atoms with Gasteiger partial charge in [0.1, 0.15) is 6.04 Å². The summed E-state index contributed by atoms with van der Waals surface area (Å²) in [5, 5.41) is 9.92. The number of aliphatic hydroxyl groups is 1. The number of nitrogens with zero attached hydrogens (tertiary/aromatic N) is 1. The smallest absolute Gasteiger partial charge is 0.166 e. The van der Waals surface area contributed by atoms with Crippen LogP contribution in [0.15, 0.2) is 12.3 Å². The van der Waals surface area contributed by atoms with Crippen molar-refractivity contribution in [1.82, 2.24) is 4.90 Å². The number of fused-ring (bicyclic) bond motifs is 6. The van der Waals surface area contributed by atoms with Crippen LogP contribution in [-0.4, -0.2) is 53.6 Å². The molecule has 0 aromatic carbocycles. The lowest BCUT2D eigenvalue weighted by atomic mass is 9.71. The lowest BCUT2D eigenvalue weighted by Gasteiger charge is -2.54. The van der Waals surface area contributed by atoms with E-state index in [4.69, 9.17) is 18.6 Å². The Bertz CT molecular complexity index is 505. The monoisotopic (exact) mass is 362 g/mol. The SMILES string of the molecule is O=C1C=C[NH+]2C[C@@H]3CC(CN4CC[C@H](O)C[C@@H]34)[C@H]2C1.[O-][Cl+3]([O-])([O-])[O-]. The van der Waals surface area contributed by atoms with Crippen LogP contribution in [0.25, 0.3) is 0 Å². The van der Waals surface area contributed by atoms with E-state index in [1.807, 2.05) is 0 Å². The summed E-state index contributed by atoms with van der Waals surface area (Å²) in [4.78, 5) is 15.8. The molecule has 136 valence electrons. The fraction of sp³-hybridized carbons (Fsp3) is 0.800. The van der Waals surface area contributed by atoms with Gasteiger partial charge in [0.25, 0.3) is 0 Å². The molecule has 4 heterocycles. The Morgan fingerprint density at radius 1 is 1.21 bits per heavy atom. The first-order valence-electron chi connectivity index (χ1n) is 8.31. The van der Waals surface area contributed by atoms with Crippen molar-refractivity contribution < 1.29 is 43.7 Å². The van der Waals surface area contributed by atoms with E-state index in [1.165, 1.54) is 11.3 Å². The van der Waals surface area contributed by atoms with E-state index in [-0.39, 0.29) is 6.10 Å². The van der Waals surface area contributed by atoms with Gasteiger partial charge >= 0.3 is 0 Å². The van der Waals surface area contributed by atoms with Gasteiger partial charge in [-0.25, -0.2) is 18.6 Å². The molecular weight excluding hydrogens is 340 g/mol. The number of carbonyl (C=O) groups is 1. The molecule has 0 spiro atoms. The van der Waals surface area contributed by atoms with Crippen molar-refractivity contribution in [2.75, 3.05) is 19.6 Å². The van der Waals surface area contributed by atoms with Crippen LogP contribution >= 0.6 is 0 Å². The minimum atomic E-state index is -4.94. The highest BCUT2D eigenvalue weighted by atomic mass is 35.7. The molecule has 8 nitrogen and oxygen atoms in total. The highest BCUT2D eigenvalue weighted by Gasteiger charge is 2.50. The number of aliphatic hydroxyl groups excluding tert-OH is 1. The molecule has 9 heteroatoms. The van der Waals surface area contributed by atoms with Gasteiger partial charge in [0.15, 0.2) is 5.78 Å². The summed E-state index contributed by atoms with van der Waals surface area (Å²) in [6.45, 7) is 3.34. The minimum Gasteiger partial charge on any atom is -0.393 e. The van der Waals surface area contributed by atoms with Gasteiger partial charge in [-0.05, 0) is 19.3 Å². The van der Waals surface area contributed by atoms with Gasteiger partial charge in [-0.2, -0.15) is 0 Å². The number of halogens is 1. The Morgan fingerprint density at radius 2 is 1.92 bits per heavy atom. The van der Waals surface area contributed by atoms with Crippen molar-refractivity contribution in [2.45, 2.75) is 43.9 Å². The fourth-order valence-electron chi connectivity index (χ4n) is 4.91. The summed E-state index contributed by atoms with van der Waals surface area (Å²) < 4.78 is 34.0. The number of allylic oxidation sites excluding steroid dienone is 1. The molecular formula is C15H23ClN2O6. The largest absolute Gasteiger partial charge is 0.393 e. The molecule has 0 aromatic heterocycles. The van der Waals surface area contributed by atoms with Crippen LogP contribution < -0.4 is 23.5 Å². The number of carbonyl (C=O) groups excluding carboxylic acids is 1. The number of rotatable bonds is 0. The van der Waals surface area contributed by atoms with Gasteiger partial charge in [-0.1, -0.05) is 0 Å². The van der Waals surface area contributed by atoms with Crippen molar-refractivity contribution in [3.8, 4) is 0 Å². The molecule has 4 aliphatic heterocycles. The molecule has 0 aromatic rings. The second kappa shape index (κ2) is 6.97. The second-order valence-electron chi connectivity index (χ2n) is 7.26. The molecule has 0 aliphatic carbocycles. The molecule has 3 fully saturated rings. The average molecular weight is 363 g/mol. The van der Waals surface area contributed by atoms with Crippen molar-refractivity contribution >= 4 is 5.78 Å². The van der Waals surface area contributed by atoms with Gasteiger partial charge in [-0.15, -0.1) is 10.2 Å². The van der Waals surface area contributed by atoms with Crippen LogP contribution in [0, 0.1) is 22.1 Å². The Balaban J connectivity index is 0.000000300. The molecule has 4 rings (SSSR count). The molecule has 6 atom stereocenters. The molecule has 24 heavy (non-hydrogen) atoms. The summed E-state index contributed by atoms with van der Waals surface area (Å²) in [5.41, 5.74) is 0. The van der Waals surface area contributed by atoms with Crippen LogP contribution in [0.5, 0.6) is 0 Å². The van der Waals surface area contributed by atoms with E-state index < -0.39 is 10.2 Å². The number of piperidine rings is 3. The predicted molar refractivity (Wildman–Crippen MR) is 70.6 cm³/mol. The molecule has 2 unspecified atom stereocenters. The number of nitrogens with one attached hydrogen (secondary N) is 1. The predicted octanol–water partition coefficient (Wildman–Crippen LogP) is -5.55. The summed E-state index contributed by atoms with van der Waals surface area (Å²) >= 11 is 0. The molecule has 2 N–H and O–H groups in total. The number of hydrogen-bond acceptors (Lipinski definition) is 7. The summed E-state index contributed by atoms with van der Waals surface area (Å²) in [6, 6.07) is 1.10. The van der Waals surface area contributed by atoms with Crippen molar-refractivity contribution in [3.63, 3.8) is 0 Å². The Kier molecular flexibility index (Phi) is 5.29. The van der Waals surface area contributed by atoms with Gasteiger partial charge < -0.3 is 10.0 Å². The van der Waals surface area contributed by atoms with Crippen LogP contribution in [0.1, 0.15) is 25.7 Å². The van der Waals surface area contributed by atoms with Crippen molar-refractivity contribution in [1.29, 1.82) is 0 Å². The van der Waals surface area contributed by atoms with Gasteiger partial charge in [0.05, 0.1) is 25.3 Å². The van der Waals surface area contributed by atoms with Gasteiger partial charge in [0.2, 0.25) is 0 Å². The molecule has 0 amide bonds.